The average Bonchev–Trinajstić information content (AvgIpc) is 2.09. The highest BCUT2D eigenvalue weighted by atomic mass is 35.5. The Balaban J connectivity index is 3.65. The molecule has 0 aliphatic rings. The summed E-state index contributed by atoms with van der Waals surface area (Å²) in [5.41, 5.74) is 0.556. The summed E-state index contributed by atoms with van der Waals surface area (Å²) in [7, 11) is -4.42. The van der Waals surface area contributed by atoms with Crippen LogP contribution in [-0.4, -0.2) is 13.0 Å². The van der Waals surface area contributed by atoms with Gasteiger partial charge in [-0.05, 0) is 17.5 Å². The predicted octanol–water partition coefficient (Wildman–Crippen LogP) is 4.02. The molecule has 0 saturated heterocycles. The summed E-state index contributed by atoms with van der Waals surface area (Å²) in [5, 5.41) is 0.00563. The van der Waals surface area contributed by atoms with Gasteiger partial charge in [-0.1, -0.05) is 48.7 Å². The maximum atomic E-state index is 11.0. The zero-order valence-corrected chi connectivity index (χ0v) is 11.5. The van der Waals surface area contributed by atoms with Gasteiger partial charge < -0.3 is 0 Å². The van der Waals surface area contributed by atoms with Crippen molar-refractivity contribution in [2.75, 3.05) is 0 Å². The minimum absolute atomic E-state index is 0.00653. The summed E-state index contributed by atoms with van der Waals surface area (Å²) in [5.74, 6) is -0.00653. The molecule has 0 radical (unpaired) electrons. The topological polar surface area (TPSA) is 54.4 Å². The minimum Gasteiger partial charge on any atom is -0.282 e. The van der Waals surface area contributed by atoms with Crippen LogP contribution in [0.4, 0.5) is 0 Å². The SMILES string of the molecule is CC(C)c1c(Cl)cc(S(=O)(=O)O)c(Cl)c1Cl. The van der Waals surface area contributed by atoms with Crippen LogP contribution in [0, 0.1) is 0 Å². The zero-order valence-electron chi connectivity index (χ0n) is 8.46. The zero-order chi connectivity index (χ0) is 12.7. The summed E-state index contributed by atoms with van der Waals surface area (Å²) >= 11 is 17.6. The van der Waals surface area contributed by atoms with Crippen LogP contribution in [0.25, 0.3) is 0 Å². The Bertz CT molecular complexity index is 523. The molecule has 7 heteroatoms. The lowest BCUT2D eigenvalue weighted by Crippen LogP contribution is -2.02. The summed E-state index contributed by atoms with van der Waals surface area (Å²) in [6, 6.07) is 1.10. The number of benzene rings is 1. The fourth-order valence-electron chi connectivity index (χ4n) is 1.30. The van der Waals surface area contributed by atoms with Gasteiger partial charge in [-0.15, -0.1) is 0 Å². The van der Waals surface area contributed by atoms with E-state index in [0.717, 1.165) is 6.07 Å². The molecule has 16 heavy (non-hydrogen) atoms. The Morgan fingerprint density at radius 3 is 2.06 bits per heavy atom. The number of halogens is 3. The first-order valence-electron chi connectivity index (χ1n) is 4.31. The van der Waals surface area contributed by atoms with Crippen molar-refractivity contribution in [2.45, 2.75) is 24.7 Å². The van der Waals surface area contributed by atoms with E-state index in [-0.39, 0.29) is 21.0 Å². The largest absolute Gasteiger partial charge is 0.296 e. The van der Waals surface area contributed by atoms with Crippen LogP contribution in [0.2, 0.25) is 15.1 Å². The second kappa shape index (κ2) is 4.70. The Kier molecular flexibility index (Phi) is 4.13. The van der Waals surface area contributed by atoms with Crippen LogP contribution in [0.3, 0.4) is 0 Å². The Labute approximate surface area is 109 Å². The normalized spacial score (nSPS) is 12.2. The third-order valence-electron chi connectivity index (χ3n) is 2.02. The van der Waals surface area contributed by atoms with E-state index in [2.05, 4.69) is 0 Å². The van der Waals surface area contributed by atoms with Crippen molar-refractivity contribution in [2.24, 2.45) is 0 Å². The number of hydrogen-bond donors (Lipinski definition) is 1. The molecule has 0 amide bonds. The van der Waals surface area contributed by atoms with Crippen LogP contribution >= 0.6 is 34.8 Å². The van der Waals surface area contributed by atoms with E-state index < -0.39 is 15.0 Å². The van der Waals surface area contributed by atoms with Crippen molar-refractivity contribution in [1.82, 2.24) is 0 Å². The first kappa shape index (κ1) is 14.1. The molecular weight excluding hydrogens is 295 g/mol. The highest BCUT2D eigenvalue weighted by molar-refractivity contribution is 7.86. The standard InChI is InChI=1S/C9H9Cl3O3S/c1-4(2)7-5(10)3-6(16(13,14)15)8(11)9(7)12/h3-4H,1-2H3,(H,13,14,15). The van der Waals surface area contributed by atoms with Gasteiger partial charge in [0, 0.05) is 5.02 Å². The van der Waals surface area contributed by atoms with Gasteiger partial charge in [-0.2, -0.15) is 8.42 Å². The maximum absolute atomic E-state index is 11.0. The van der Waals surface area contributed by atoms with E-state index in [9.17, 15) is 8.42 Å². The quantitative estimate of drug-likeness (QED) is 0.663. The van der Waals surface area contributed by atoms with E-state index >= 15 is 0 Å². The lowest BCUT2D eigenvalue weighted by Gasteiger charge is -2.13. The molecule has 0 atom stereocenters. The van der Waals surface area contributed by atoms with Gasteiger partial charge in [0.05, 0.1) is 10.0 Å². The molecule has 0 heterocycles. The maximum Gasteiger partial charge on any atom is 0.296 e. The van der Waals surface area contributed by atoms with E-state index in [4.69, 9.17) is 39.4 Å². The Morgan fingerprint density at radius 2 is 1.69 bits per heavy atom. The van der Waals surface area contributed by atoms with E-state index in [0.29, 0.717) is 5.56 Å². The summed E-state index contributed by atoms with van der Waals surface area (Å²) < 4.78 is 30.9. The van der Waals surface area contributed by atoms with Gasteiger partial charge in [0.1, 0.15) is 4.90 Å². The van der Waals surface area contributed by atoms with Crippen molar-refractivity contribution in [3.8, 4) is 0 Å². The molecule has 0 aliphatic heterocycles. The van der Waals surface area contributed by atoms with Crippen LogP contribution in [0.15, 0.2) is 11.0 Å². The molecule has 3 nitrogen and oxygen atoms in total. The molecule has 0 spiro atoms. The lowest BCUT2D eigenvalue weighted by atomic mass is 10.0. The fraction of sp³-hybridized carbons (Fsp3) is 0.333. The third kappa shape index (κ3) is 2.63. The monoisotopic (exact) mass is 302 g/mol. The number of hydrogen-bond acceptors (Lipinski definition) is 2. The summed E-state index contributed by atoms with van der Waals surface area (Å²) in [6.07, 6.45) is 0. The highest BCUT2D eigenvalue weighted by Gasteiger charge is 2.23. The van der Waals surface area contributed by atoms with E-state index in [1.165, 1.54) is 0 Å². The van der Waals surface area contributed by atoms with Crippen molar-refractivity contribution in [3.63, 3.8) is 0 Å². The molecular formula is C9H9Cl3O3S. The van der Waals surface area contributed by atoms with Gasteiger partial charge in [-0.25, -0.2) is 0 Å². The first-order valence-corrected chi connectivity index (χ1v) is 6.88. The molecule has 1 rings (SSSR count). The fourth-order valence-corrected chi connectivity index (χ4v) is 3.36. The van der Waals surface area contributed by atoms with Gasteiger partial charge in [0.2, 0.25) is 0 Å². The first-order chi connectivity index (χ1) is 7.16. The second-order valence-electron chi connectivity index (χ2n) is 3.53. The molecule has 0 aromatic heterocycles. The van der Waals surface area contributed by atoms with Gasteiger partial charge in [0.15, 0.2) is 0 Å². The Morgan fingerprint density at radius 1 is 1.19 bits per heavy atom. The second-order valence-corrected chi connectivity index (χ2v) is 6.08. The molecule has 0 bridgehead atoms. The smallest absolute Gasteiger partial charge is 0.282 e. The Hall–Kier alpha value is -0.000000000000000111. The summed E-state index contributed by atoms with van der Waals surface area (Å²) in [4.78, 5) is -0.478. The molecule has 90 valence electrons. The molecule has 0 fully saturated rings. The summed E-state index contributed by atoms with van der Waals surface area (Å²) in [6.45, 7) is 3.69. The highest BCUT2D eigenvalue weighted by Crippen LogP contribution is 2.40. The van der Waals surface area contributed by atoms with Gasteiger partial charge >= 0.3 is 0 Å². The van der Waals surface area contributed by atoms with Crippen molar-refractivity contribution in [1.29, 1.82) is 0 Å². The van der Waals surface area contributed by atoms with Crippen LogP contribution in [-0.2, 0) is 10.1 Å². The van der Waals surface area contributed by atoms with E-state index in [1.54, 1.807) is 0 Å². The van der Waals surface area contributed by atoms with E-state index in [1.807, 2.05) is 13.8 Å². The molecule has 0 unspecified atom stereocenters. The molecule has 1 N–H and O–H groups in total. The van der Waals surface area contributed by atoms with Crippen LogP contribution in [0.5, 0.6) is 0 Å². The van der Waals surface area contributed by atoms with Crippen molar-refractivity contribution < 1.29 is 13.0 Å². The molecule has 0 saturated carbocycles. The molecule has 1 aromatic rings. The predicted molar refractivity (Wildman–Crippen MR) is 65.4 cm³/mol. The van der Waals surface area contributed by atoms with Crippen molar-refractivity contribution in [3.05, 3.63) is 26.7 Å². The lowest BCUT2D eigenvalue weighted by molar-refractivity contribution is 0.483. The number of rotatable bonds is 2. The third-order valence-corrected chi connectivity index (χ3v) is 4.20. The minimum atomic E-state index is -4.42. The average molecular weight is 304 g/mol. The van der Waals surface area contributed by atoms with Gasteiger partial charge in [0.25, 0.3) is 10.1 Å². The van der Waals surface area contributed by atoms with Gasteiger partial charge in [-0.3, -0.25) is 4.55 Å². The van der Waals surface area contributed by atoms with Crippen molar-refractivity contribution >= 4 is 44.9 Å². The van der Waals surface area contributed by atoms with Crippen LogP contribution < -0.4 is 0 Å². The molecule has 1 aromatic carbocycles. The molecule has 0 aliphatic carbocycles. The van der Waals surface area contributed by atoms with Crippen LogP contribution in [0.1, 0.15) is 25.3 Å².